The van der Waals surface area contributed by atoms with E-state index < -0.39 is 0 Å². The molecule has 2 aromatic heterocycles. The molecule has 38 heavy (non-hydrogen) atoms. The zero-order valence-corrected chi connectivity index (χ0v) is 23.2. The summed E-state index contributed by atoms with van der Waals surface area (Å²) in [5, 5.41) is 11.1. The first-order chi connectivity index (χ1) is 18.4. The summed E-state index contributed by atoms with van der Waals surface area (Å²) >= 11 is 1.77. The maximum Gasteiger partial charge on any atom is 0.191 e. The molecule has 1 saturated carbocycles. The summed E-state index contributed by atoms with van der Waals surface area (Å²) in [6.07, 6.45) is 2.31. The molecular weight excluding hydrogens is 494 g/mol. The van der Waals surface area contributed by atoms with Crippen LogP contribution in [0.4, 0.5) is 0 Å². The third kappa shape index (κ3) is 4.39. The maximum atomic E-state index is 12.1. The minimum atomic E-state index is 0.0586. The third-order valence-corrected chi connectivity index (χ3v) is 9.27. The number of thioether (sulfide) groups is 1. The van der Waals surface area contributed by atoms with E-state index in [2.05, 4.69) is 48.9 Å². The van der Waals surface area contributed by atoms with Crippen molar-refractivity contribution in [3.8, 4) is 17.1 Å². The average molecular weight is 528 g/mol. The van der Waals surface area contributed by atoms with Crippen LogP contribution >= 0.6 is 11.8 Å². The summed E-state index contributed by atoms with van der Waals surface area (Å²) in [4.78, 5) is 19.4. The minimum absolute atomic E-state index is 0.0586. The van der Waals surface area contributed by atoms with E-state index in [1.165, 1.54) is 12.0 Å². The normalized spacial score (nSPS) is 20.6. The average Bonchev–Trinajstić information content (AvgIpc) is 3.29. The summed E-state index contributed by atoms with van der Waals surface area (Å²) < 4.78 is 7.50. The molecule has 6 rings (SSSR count). The van der Waals surface area contributed by atoms with E-state index >= 15 is 0 Å². The Hall–Kier alpha value is -3.23. The molecule has 2 aliphatic rings. The van der Waals surface area contributed by atoms with Crippen LogP contribution in [0.25, 0.3) is 22.3 Å². The van der Waals surface area contributed by atoms with Crippen LogP contribution in [-0.4, -0.2) is 62.9 Å². The number of ether oxygens (including phenoxy) is 1. The molecule has 3 heterocycles. The highest BCUT2D eigenvalue weighted by Gasteiger charge is 2.60. The second-order valence-electron chi connectivity index (χ2n) is 10.7. The molecule has 7 nitrogen and oxygen atoms in total. The standard InChI is InChI=1S/C30H33N5O2S/c1-19-9-11-23-24(7-5-8-26(23)31-19)28-32-33-29(34(28)3)38-14-6-13-35-17-22-16-30(22,18-35)21-10-12-27(37-4)25(15-21)20(2)36/h5,7-12,15,22H,6,13-14,16-18H2,1-4H3/t22-,30?/m0/s1. The van der Waals surface area contributed by atoms with Crippen molar-refractivity contribution in [1.82, 2.24) is 24.6 Å². The van der Waals surface area contributed by atoms with Crippen molar-refractivity contribution >= 4 is 28.4 Å². The largest absolute Gasteiger partial charge is 0.496 e. The van der Waals surface area contributed by atoms with Crippen LogP contribution in [0.3, 0.4) is 0 Å². The molecule has 0 radical (unpaired) electrons. The lowest BCUT2D eigenvalue weighted by atomic mass is 9.92. The number of likely N-dealkylation sites (tertiary alicyclic amines) is 1. The fourth-order valence-corrected chi connectivity index (χ4v) is 6.91. The number of ketones is 1. The SMILES string of the molecule is COc1ccc(C23C[C@H]2CN(CCCSc2nnc(-c4cccc5nc(C)ccc45)n2C)C3)cc1C(C)=O. The van der Waals surface area contributed by atoms with Crippen LogP contribution in [0.5, 0.6) is 5.75 Å². The number of aromatic nitrogens is 4. The quantitative estimate of drug-likeness (QED) is 0.166. The Kier molecular flexibility index (Phi) is 6.48. The van der Waals surface area contributed by atoms with E-state index in [9.17, 15) is 4.79 Å². The highest BCUT2D eigenvalue weighted by Crippen LogP contribution is 2.59. The van der Waals surface area contributed by atoms with E-state index in [0.29, 0.717) is 17.2 Å². The topological polar surface area (TPSA) is 73.1 Å². The van der Waals surface area contributed by atoms with Gasteiger partial charge in [-0.25, -0.2) is 0 Å². The number of benzene rings is 2. The van der Waals surface area contributed by atoms with Gasteiger partial charge in [0.2, 0.25) is 0 Å². The molecule has 1 saturated heterocycles. The number of carbonyl (C=O) groups excluding carboxylic acids is 1. The first-order valence-corrected chi connectivity index (χ1v) is 14.2. The fraction of sp³-hybridized carbons (Fsp3) is 0.400. The number of fused-ring (bicyclic) bond motifs is 2. The van der Waals surface area contributed by atoms with E-state index in [0.717, 1.165) is 64.9 Å². The number of hydrogen-bond donors (Lipinski definition) is 0. The molecule has 0 N–H and O–H groups in total. The van der Waals surface area contributed by atoms with Crippen molar-refractivity contribution in [2.45, 2.75) is 37.3 Å². The Morgan fingerprint density at radius 1 is 1.18 bits per heavy atom. The monoisotopic (exact) mass is 527 g/mol. The molecule has 0 bridgehead atoms. The van der Waals surface area contributed by atoms with Crippen LogP contribution in [0.15, 0.2) is 53.7 Å². The summed E-state index contributed by atoms with van der Waals surface area (Å²) in [5.41, 5.74) is 5.23. The minimum Gasteiger partial charge on any atom is -0.496 e. The second kappa shape index (κ2) is 9.82. The summed E-state index contributed by atoms with van der Waals surface area (Å²) in [6.45, 7) is 6.89. The van der Waals surface area contributed by atoms with Gasteiger partial charge < -0.3 is 14.2 Å². The number of pyridine rings is 1. The lowest BCUT2D eigenvalue weighted by molar-refractivity contribution is 0.101. The lowest BCUT2D eigenvalue weighted by Gasteiger charge is -2.21. The zero-order valence-electron chi connectivity index (χ0n) is 22.4. The highest BCUT2D eigenvalue weighted by molar-refractivity contribution is 7.99. The summed E-state index contributed by atoms with van der Waals surface area (Å²) in [5.74, 6) is 3.27. The predicted molar refractivity (Wildman–Crippen MR) is 151 cm³/mol. The van der Waals surface area contributed by atoms with Crippen LogP contribution in [-0.2, 0) is 12.5 Å². The lowest BCUT2D eigenvalue weighted by Crippen LogP contribution is -2.28. The maximum absolute atomic E-state index is 12.1. The van der Waals surface area contributed by atoms with Crippen LogP contribution < -0.4 is 4.74 Å². The smallest absolute Gasteiger partial charge is 0.191 e. The Bertz CT molecular complexity index is 1530. The number of carbonyl (C=O) groups is 1. The van der Waals surface area contributed by atoms with E-state index in [-0.39, 0.29) is 11.2 Å². The van der Waals surface area contributed by atoms with Crippen molar-refractivity contribution in [3.63, 3.8) is 0 Å². The van der Waals surface area contributed by atoms with Gasteiger partial charge in [0.1, 0.15) is 5.75 Å². The molecule has 1 aliphatic heterocycles. The number of aryl methyl sites for hydroxylation is 1. The van der Waals surface area contributed by atoms with Gasteiger partial charge in [-0.15, -0.1) is 10.2 Å². The first-order valence-electron chi connectivity index (χ1n) is 13.2. The first kappa shape index (κ1) is 25.1. The van der Waals surface area contributed by atoms with Crippen molar-refractivity contribution < 1.29 is 9.53 Å². The molecule has 8 heteroatoms. The number of nitrogens with zero attached hydrogens (tertiary/aromatic N) is 5. The van der Waals surface area contributed by atoms with Gasteiger partial charge in [-0.05, 0) is 69.0 Å². The molecule has 2 fully saturated rings. The number of Topliss-reactive ketones (excluding diaryl/α,β-unsaturated/α-hetero) is 1. The Labute approximate surface area is 227 Å². The number of piperidine rings is 1. The number of hydrogen-bond acceptors (Lipinski definition) is 7. The molecule has 2 aromatic carbocycles. The molecule has 196 valence electrons. The zero-order chi connectivity index (χ0) is 26.4. The molecule has 4 aromatic rings. The van der Waals surface area contributed by atoms with Gasteiger partial charge in [-0.3, -0.25) is 9.78 Å². The third-order valence-electron chi connectivity index (χ3n) is 8.17. The van der Waals surface area contributed by atoms with Crippen LogP contribution in [0, 0.1) is 12.8 Å². The summed E-state index contributed by atoms with van der Waals surface area (Å²) in [6, 6.07) is 16.5. The van der Waals surface area contributed by atoms with Gasteiger partial charge in [0.05, 0.1) is 18.2 Å². The van der Waals surface area contributed by atoms with Gasteiger partial charge in [0, 0.05) is 47.9 Å². The highest BCUT2D eigenvalue weighted by atomic mass is 32.2. The van der Waals surface area contributed by atoms with Crippen LogP contribution in [0.2, 0.25) is 0 Å². The van der Waals surface area contributed by atoms with Gasteiger partial charge >= 0.3 is 0 Å². The van der Waals surface area contributed by atoms with Crippen molar-refractivity contribution in [1.29, 1.82) is 0 Å². The Balaban J connectivity index is 1.07. The molecule has 1 unspecified atom stereocenters. The van der Waals surface area contributed by atoms with Gasteiger partial charge in [0.25, 0.3) is 0 Å². The molecule has 0 spiro atoms. The fourth-order valence-electron chi connectivity index (χ4n) is 6.08. The van der Waals surface area contributed by atoms with Crippen molar-refractivity contribution in [2.75, 3.05) is 32.5 Å². The summed E-state index contributed by atoms with van der Waals surface area (Å²) in [7, 11) is 3.67. The number of rotatable bonds is 9. The number of methoxy groups -OCH3 is 1. The second-order valence-corrected chi connectivity index (χ2v) is 11.7. The Morgan fingerprint density at radius 2 is 2.05 bits per heavy atom. The van der Waals surface area contributed by atoms with Gasteiger partial charge in [-0.2, -0.15) is 0 Å². The Morgan fingerprint density at radius 3 is 2.87 bits per heavy atom. The van der Waals surface area contributed by atoms with Gasteiger partial charge in [0.15, 0.2) is 16.8 Å². The van der Waals surface area contributed by atoms with Gasteiger partial charge in [-0.1, -0.05) is 36.0 Å². The van der Waals surface area contributed by atoms with Crippen molar-refractivity contribution in [3.05, 3.63) is 65.4 Å². The molecule has 1 aliphatic carbocycles. The van der Waals surface area contributed by atoms with Crippen molar-refractivity contribution in [2.24, 2.45) is 13.0 Å². The molecule has 2 atom stereocenters. The predicted octanol–water partition coefficient (Wildman–Crippen LogP) is 5.31. The van der Waals surface area contributed by atoms with E-state index in [1.54, 1.807) is 25.8 Å². The molecular formula is C30H33N5O2S. The molecule has 0 amide bonds. The van der Waals surface area contributed by atoms with Crippen LogP contribution in [0.1, 0.15) is 41.4 Å². The van der Waals surface area contributed by atoms with E-state index in [1.807, 2.05) is 38.2 Å². The van der Waals surface area contributed by atoms with E-state index in [4.69, 9.17) is 4.74 Å².